The van der Waals surface area contributed by atoms with Crippen LogP contribution in [0.1, 0.15) is 50.3 Å². The van der Waals surface area contributed by atoms with Crippen molar-refractivity contribution >= 4 is 23.6 Å². The van der Waals surface area contributed by atoms with Gasteiger partial charge in [0.05, 0.1) is 12.9 Å². The largest absolute Gasteiger partial charge is 0.497 e. The molecule has 174 valence electrons. The smallest absolute Gasteiger partial charge is 0.243 e. The third kappa shape index (κ3) is 7.90. The Morgan fingerprint density at radius 1 is 1.06 bits per heavy atom. The van der Waals surface area contributed by atoms with Crippen molar-refractivity contribution in [2.24, 2.45) is 0 Å². The van der Waals surface area contributed by atoms with Crippen LogP contribution < -0.4 is 10.1 Å². The van der Waals surface area contributed by atoms with Crippen molar-refractivity contribution in [1.29, 1.82) is 0 Å². The lowest BCUT2D eigenvalue weighted by Gasteiger charge is -2.31. The second-order valence-electron chi connectivity index (χ2n) is 8.09. The Hall–Kier alpha value is -2.47. The Balaban J connectivity index is 2.11. The number of thioether (sulfide) groups is 1. The van der Waals surface area contributed by atoms with E-state index in [1.165, 1.54) is 0 Å². The highest BCUT2D eigenvalue weighted by molar-refractivity contribution is 7.99. The molecule has 2 atom stereocenters. The van der Waals surface area contributed by atoms with Gasteiger partial charge in [-0.25, -0.2) is 0 Å². The van der Waals surface area contributed by atoms with Crippen LogP contribution >= 0.6 is 11.8 Å². The Bertz CT molecular complexity index is 870. The number of ether oxygens (including phenoxy) is 1. The predicted octanol–water partition coefficient (Wildman–Crippen LogP) is 4.96. The molecular weight excluding hydrogens is 420 g/mol. The molecule has 2 aromatic rings. The van der Waals surface area contributed by atoms with Crippen LogP contribution in [0.2, 0.25) is 0 Å². The topological polar surface area (TPSA) is 58.6 Å². The van der Waals surface area contributed by atoms with Gasteiger partial charge in [-0.1, -0.05) is 55.8 Å². The van der Waals surface area contributed by atoms with Gasteiger partial charge >= 0.3 is 0 Å². The van der Waals surface area contributed by atoms with Gasteiger partial charge in [0, 0.05) is 18.3 Å². The third-order valence-corrected chi connectivity index (χ3v) is 6.46. The molecule has 5 nitrogen and oxygen atoms in total. The summed E-state index contributed by atoms with van der Waals surface area (Å²) < 4.78 is 5.20. The standard InChI is InChI=1S/C26H36N2O3S/c1-6-20(4)27-26(30)24(7-2)28(16-22-10-8-9-19(3)15-22)25(29)18-32-17-21-11-13-23(31-5)14-12-21/h8-15,20,24H,6-7,16-18H2,1-5H3,(H,27,30)/t20-,24+/m1/s1. The molecule has 0 heterocycles. The maximum absolute atomic E-state index is 13.3. The summed E-state index contributed by atoms with van der Waals surface area (Å²) in [6, 6.07) is 15.6. The molecule has 0 aliphatic rings. The molecule has 2 aromatic carbocycles. The SMILES string of the molecule is CC[C@@H](C)NC(=O)[C@H](CC)N(Cc1cccc(C)c1)C(=O)CSCc1ccc(OC)cc1. The average Bonchev–Trinajstić information content (AvgIpc) is 2.79. The molecule has 2 rings (SSSR count). The van der Waals surface area contributed by atoms with Crippen LogP contribution in [0.3, 0.4) is 0 Å². The van der Waals surface area contributed by atoms with E-state index >= 15 is 0 Å². The lowest BCUT2D eigenvalue weighted by molar-refractivity contribution is -0.139. The number of carbonyl (C=O) groups is 2. The van der Waals surface area contributed by atoms with Crippen molar-refractivity contribution in [2.75, 3.05) is 12.9 Å². The van der Waals surface area contributed by atoms with Crippen LogP contribution in [0.25, 0.3) is 0 Å². The fourth-order valence-electron chi connectivity index (χ4n) is 3.43. The van der Waals surface area contributed by atoms with E-state index in [2.05, 4.69) is 11.4 Å². The van der Waals surface area contributed by atoms with Gasteiger partial charge in [0.2, 0.25) is 11.8 Å². The summed E-state index contributed by atoms with van der Waals surface area (Å²) in [6.45, 7) is 8.45. The summed E-state index contributed by atoms with van der Waals surface area (Å²) in [5.41, 5.74) is 3.31. The Labute approximate surface area is 196 Å². The van der Waals surface area contributed by atoms with Gasteiger partial charge in [-0.05, 0) is 49.9 Å². The fourth-order valence-corrected chi connectivity index (χ4v) is 4.30. The van der Waals surface area contributed by atoms with E-state index in [0.29, 0.717) is 18.7 Å². The quantitative estimate of drug-likeness (QED) is 0.490. The van der Waals surface area contributed by atoms with Crippen LogP contribution in [0.5, 0.6) is 5.75 Å². The maximum Gasteiger partial charge on any atom is 0.243 e. The molecule has 0 saturated heterocycles. The molecule has 0 aromatic heterocycles. The van der Waals surface area contributed by atoms with E-state index in [-0.39, 0.29) is 17.9 Å². The monoisotopic (exact) mass is 456 g/mol. The number of methoxy groups -OCH3 is 1. The summed E-state index contributed by atoms with van der Waals surface area (Å²) in [5, 5.41) is 3.05. The highest BCUT2D eigenvalue weighted by Gasteiger charge is 2.29. The molecule has 0 aliphatic carbocycles. The average molecular weight is 457 g/mol. The van der Waals surface area contributed by atoms with Crippen molar-refractivity contribution in [3.05, 3.63) is 65.2 Å². The highest BCUT2D eigenvalue weighted by atomic mass is 32.2. The van der Waals surface area contributed by atoms with Crippen LogP contribution in [0.15, 0.2) is 48.5 Å². The van der Waals surface area contributed by atoms with Crippen LogP contribution in [0.4, 0.5) is 0 Å². The molecule has 0 spiro atoms. The first-order valence-electron chi connectivity index (χ1n) is 11.2. The Morgan fingerprint density at radius 3 is 2.38 bits per heavy atom. The first-order chi connectivity index (χ1) is 15.4. The lowest BCUT2D eigenvalue weighted by Crippen LogP contribution is -2.51. The number of nitrogens with zero attached hydrogens (tertiary/aromatic N) is 1. The molecule has 6 heteroatoms. The van der Waals surface area contributed by atoms with Crippen molar-refractivity contribution < 1.29 is 14.3 Å². The summed E-state index contributed by atoms with van der Waals surface area (Å²) in [6.07, 6.45) is 1.43. The zero-order valence-electron chi connectivity index (χ0n) is 19.9. The minimum absolute atomic E-state index is 0.0174. The normalized spacial score (nSPS) is 12.7. The summed E-state index contributed by atoms with van der Waals surface area (Å²) >= 11 is 1.56. The van der Waals surface area contributed by atoms with Crippen LogP contribution in [-0.2, 0) is 21.9 Å². The molecule has 0 bridgehead atoms. The number of carbonyl (C=O) groups excluding carboxylic acids is 2. The van der Waals surface area contributed by atoms with E-state index in [4.69, 9.17) is 4.74 Å². The van der Waals surface area contributed by atoms with E-state index in [9.17, 15) is 9.59 Å². The summed E-state index contributed by atoms with van der Waals surface area (Å²) in [4.78, 5) is 28.0. The van der Waals surface area contributed by atoms with E-state index in [0.717, 1.165) is 34.6 Å². The molecule has 0 radical (unpaired) electrons. The molecule has 1 N–H and O–H groups in total. The molecule has 0 fully saturated rings. The molecule has 2 amide bonds. The summed E-state index contributed by atoms with van der Waals surface area (Å²) in [7, 11) is 1.65. The Kier molecular flexibility index (Phi) is 10.6. The molecule has 0 aliphatic heterocycles. The van der Waals surface area contributed by atoms with Gasteiger partial charge in [0.15, 0.2) is 0 Å². The number of benzene rings is 2. The van der Waals surface area contributed by atoms with Gasteiger partial charge < -0.3 is 15.0 Å². The van der Waals surface area contributed by atoms with Gasteiger partial charge in [0.1, 0.15) is 11.8 Å². The summed E-state index contributed by atoms with van der Waals surface area (Å²) in [5.74, 6) is 1.77. The molecular formula is C26H36N2O3S. The number of hydrogen-bond acceptors (Lipinski definition) is 4. The van der Waals surface area contributed by atoms with Crippen molar-refractivity contribution in [3.63, 3.8) is 0 Å². The number of nitrogens with one attached hydrogen (secondary N) is 1. The van der Waals surface area contributed by atoms with Gasteiger partial charge in [-0.2, -0.15) is 0 Å². The van der Waals surface area contributed by atoms with Gasteiger partial charge in [0.25, 0.3) is 0 Å². The second kappa shape index (κ2) is 13.2. The predicted molar refractivity (Wildman–Crippen MR) is 133 cm³/mol. The van der Waals surface area contributed by atoms with E-state index < -0.39 is 6.04 Å². The van der Waals surface area contributed by atoms with E-state index in [1.54, 1.807) is 23.8 Å². The number of aryl methyl sites for hydroxylation is 1. The van der Waals surface area contributed by atoms with Crippen molar-refractivity contribution in [3.8, 4) is 5.75 Å². The first kappa shape index (κ1) is 25.8. The highest BCUT2D eigenvalue weighted by Crippen LogP contribution is 2.19. The first-order valence-corrected chi connectivity index (χ1v) is 12.4. The molecule has 0 unspecified atom stereocenters. The van der Waals surface area contributed by atoms with Gasteiger partial charge in [-0.3, -0.25) is 9.59 Å². The Morgan fingerprint density at radius 2 is 1.78 bits per heavy atom. The minimum Gasteiger partial charge on any atom is -0.497 e. The van der Waals surface area contributed by atoms with Crippen LogP contribution in [-0.4, -0.2) is 41.7 Å². The lowest BCUT2D eigenvalue weighted by atomic mass is 10.1. The van der Waals surface area contributed by atoms with Crippen molar-refractivity contribution in [2.45, 2.75) is 64.9 Å². The number of hydrogen-bond donors (Lipinski definition) is 1. The van der Waals surface area contributed by atoms with Crippen molar-refractivity contribution in [1.82, 2.24) is 10.2 Å². The zero-order chi connectivity index (χ0) is 23.5. The van der Waals surface area contributed by atoms with Crippen LogP contribution in [0, 0.1) is 6.92 Å². The zero-order valence-corrected chi connectivity index (χ0v) is 20.7. The van der Waals surface area contributed by atoms with E-state index in [1.807, 2.05) is 70.2 Å². The second-order valence-corrected chi connectivity index (χ2v) is 9.08. The maximum atomic E-state index is 13.3. The van der Waals surface area contributed by atoms with Gasteiger partial charge in [-0.15, -0.1) is 11.8 Å². The number of amides is 2. The third-order valence-electron chi connectivity index (χ3n) is 5.48. The number of rotatable bonds is 12. The molecule has 32 heavy (non-hydrogen) atoms. The minimum atomic E-state index is -0.487. The molecule has 0 saturated carbocycles. The fraction of sp³-hybridized carbons (Fsp3) is 0.462.